The van der Waals surface area contributed by atoms with Crippen molar-refractivity contribution in [1.29, 1.82) is 0 Å². The lowest BCUT2D eigenvalue weighted by Crippen LogP contribution is -2.22. The molecular formula is C11H12F2N4O. The van der Waals surface area contributed by atoms with Crippen molar-refractivity contribution < 1.29 is 8.78 Å². The van der Waals surface area contributed by atoms with E-state index in [1.54, 1.807) is 0 Å². The van der Waals surface area contributed by atoms with Crippen molar-refractivity contribution in [2.45, 2.75) is 6.42 Å². The van der Waals surface area contributed by atoms with Crippen LogP contribution in [-0.4, -0.2) is 20.9 Å². The van der Waals surface area contributed by atoms with Crippen molar-refractivity contribution in [1.82, 2.24) is 14.3 Å². The number of nitrogens with two attached hydrogens (primary N) is 1. The molecule has 1 aromatic heterocycles. The lowest BCUT2D eigenvalue weighted by atomic mass is 10.3. The van der Waals surface area contributed by atoms with E-state index in [1.807, 2.05) is 0 Å². The van der Waals surface area contributed by atoms with Gasteiger partial charge in [0.2, 0.25) is 0 Å². The first-order valence-electron chi connectivity index (χ1n) is 5.34. The SMILES string of the molecule is Cn1c(CCN)nn(-c2cc(F)cc(F)c2)c1=O. The average molecular weight is 254 g/mol. The molecule has 0 amide bonds. The largest absolute Gasteiger partial charge is 0.350 e. The Morgan fingerprint density at radius 2 is 1.89 bits per heavy atom. The molecular weight excluding hydrogens is 242 g/mol. The Bertz CT molecular complexity index is 612. The molecule has 0 fully saturated rings. The van der Waals surface area contributed by atoms with Crippen molar-refractivity contribution in [2.24, 2.45) is 12.8 Å². The molecule has 0 aliphatic heterocycles. The molecule has 0 saturated carbocycles. The third-order valence-electron chi connectivity index (χ3n) is 2.53. The zero-order chi connectivity index (χ0) is 13.3. The molecule has 2 rings (SSSR count). The molecule has 1 aromatic carbocycles. The van der Waals surface area contributed by atoms with Gasteiger partial charge in [0, 0.05) is 19.5 Å². The highest BCUT2D eigenvalue weighted by molar-refractivity contribution is 5.31. The van der Waals surface area contributed by atoms with Gasteiger partial charge in [0.05, 0.1) is 5.69 Å². The highest BCUT2D eigenvalue weighted by atomic mass is 19.1. The summed E-state index contributed by atoms with van der Waals surface area (Å²) in [6.45, 7) is 0.335. The molecule has 0 aliphatic carbocycles. The maximum absolute atomic E-state index is 13.1. The van der Waals surface area contributed by atoms with Gasteiger partial charge in [-0.25, -0.2) is 13.6 Å². The molecule has 5 nitrogen and oxygen atoms in total. The summed E-state index contributed by atoms with van der Waals surface area (Å²) in [6, 6.07) is 2.83. The summed E-state index contributed by atoms with van der Waals surface area (Å²) >= 11 is 0. The average Bonchev–Trinajstić information content (AvgIpc) is 2.57. The molecule has 0 atom stereocenters. The van der Waals surface area contributed by atoms with Crippen LogP contribution in [0.4, 0.5) is 8.78 Å². The van der Waals surface area contributed by atoms with Crippen LogP contribution in [0.25, 0.3) is 5.69 Å². The third kappa shape index (κ3) is 2.17. The maximum Gasteiger partial charge on any atom is 0.350 e. The molecule has 1 heterocycles. The van der Waals surface area contributed by atoms with Crippen molar-refractivity contribution in [3.63, 3.8) is 0 Å². The van der Waals surface area contributed by atoms with Crippen molar-refractivity contribution in [2.75, 3.05) is 6.54 Å². The highest BCUT2D eigenvalue weighted by Crippen LogP contribution is 2.10. The Kier molecular flexibility index (Phi) is 3.24. The van der Waals surface area contributed by atoms with E-state index in [0.717, 1.165) is 22.9 Å². The van der Waals surface area contributed by atoms with Crippen LogP contribution < -0.4 is 11.4 Å². The second-order valence-corrected chi connectivity index (χ2v) is 3.84. The minimum Gasteiger partial charge on any atom is -0.330 e. The van der Waals surface area contributed by atoms with Crippen LogP contribution in [-0.2, 0) is 13.5 Å². The monoisotopic (exact) mass is 254 g/mol. The van der Waals surface area contributed by atoms with Gasteiger partial charge in [-0.1, -0.05) is 0 Å². The zero-order valence-electron chi connectivity index (χ0n) is 9.73. The molecule has 0 saturated heterocycles. The van der Waals surface area contributed by atoms with E-state index >= 15 is 0 Å². The molecule has 2 N–H and O–H groups in total. The first-order chi connectivity index (χ1) is 8.52. The summed E-state index contributed by atoms with van der Waals surface area (Å²) in [7, 11) is 1.53. The normalized spacial score (nSPS) is 10.9. The molecule has 0 bridgehead atoms. The van der Waals surface area contributed by atoms with E-state index in [9.17, 15) is 13.6 Å². The van der Waals surface area contributed by atoms with Gasteiger partial charge in [-0.2, -0.15) is 4.68 Å². The van der Waals surface area contributed by atoms with Crippen LogP contribution in [0.1, 0.15) is 5.82 Å². The second-order valence-electron chi connectivity index (χ2n) is 3.84. The number of benzene rings is 1. The van der Waals surface area contributed by atoms with Crippen molar-refractivity contribution in [3.05, 3.63) is 46.1 Å². The van der Waals surface area contributed by atoms with Gasteiger partial charge in [0.1, 0.15) is 17.5 Å². The minimum absolute atomic E-state index is 0.0522. The smallest absolute Gasteiger partial charge is 0.330 e. The molecule has 0 radical (unpaired) electrons. The Hall–Kier alpha value is -2.02. The van der Waals surface area contributed by atoms with E-state index in [1.165, 1.54) is 11.6 Å². The predicted molar refractivity (Wildman–Crippen MR) is 61.5 cm³/mol. The summed E-state index contributed by atoms with van der Waals surface area (Å²) in [5.41, 5.74) is 4.97. The first-order valence-corrected chi connectivity index (χ1v) is 5.34. The fourth-order valence-electron chi connectivity index (χ4n) is 1.65. The van der Waals surface area contributed by atoms with E-state index < -0.39 is 17.3 Å². The topological polar surface area (TPSA) is 65.8 Å². The van der Waals surface area contributed by atoms with Gasteiger partial charge in [-0.15, -0.1) is 5.10 Å². The Balaban J connectivity index is 2.57. The van der Waals surface area contributed by atoms with Gasteiger partial charge < -0.3 is 5.73 Å². The second kappa shape index (κ2) is 4.69. The third-order valence-corrected chi connectivity index (χ3v) is 2.53. The van der Waals surface area contributed by atoms with Gasteiger partial charge in [-0.05, 0) is 18.7 Å². The van der Waals surface area contributed by atoms with E-state index in [-0.39, 0.29) is 5.69 Å². The summed E-state index contributed by atoms with van der Waals surface area (Å²) < 4.78 is 28.4. The Morgan fingerprint density at radius 3 is 2.44 bits per heavy atom. The number of hydrogen-bond acceptors (Lipinski definition) is 3. The summed E-state index contributed by atoms with van der Waals surface area (Å²) in [4.78, 5) is 11.9. The van der Waals surface area contributed by atoms with E-state index in [2.05, 4.69) is 5.10 Å². The van der Waals surface area contributed by atoms with Gasteiger partial charge >= 0.3 is 5.69 Å². The van der Waals surface area contributed by atoms with Gasteiger partial charge in [0.25, 0.3) is 0 Å². The molecule has 2 aromatic rings. The molecule has 7 heteroatoms. The number of nitrogens with zero attached hydrogens (tertiary/aromatic N) is 3. The summed E-state index contributed by atoms with van der Waals surface area (Å²) in [6.07, 6.45) is 0.413. The Labute approximate surface area is 101 Å². The summed E-state index contributed by atoms with van der Waals surface area (Å²) in [5.74, 6) is -1.06. The van der Waals surface area contributed by atoms with Gasteiger partial charge in [-0.3, -0.25) is 4.57 Å². The zero-order valence-corrected chi connectivity index (χ0v) is 9.73. The molecule has 0 aliphatic rings. The van der Waals surface area contributed by atoms with Crippen LogP contribution in [0, 0.1) is 11.6 Å². The Morgan fingerprint density at radius 1 is 1.28 bits per heavy atom. The highest BCUT2D eigenvalue weighted by Gasteiger charge is 2.12. The first kappa shape index (κ1) is 12.4. The standard InChI is InChI=1S/C11H12F2N4O/c1-16-10(2-3-14)15-17(11(16)18)9-5-7(12)4-8(13)6-9/h4-6H,2-3,14H2,1H3. The number of rotatable bonds is 3. The van der Waals surface area contributed by atoms with Crippen LogP contribution in [0.3, 0.4) is 0 Å². The molecule has 0 spiro atoms. The number of halogens is 2. The van der Waals surface area contributed by atoms with Crippen LogP contribution in [0.5, 0.6) is 0 Å². The maximum atomic E-state index is 13.1. The van der Waals surface area contributed by atoms with Crippen molar-refractivity contribution >= 4 is 0 Å². The number of aromatic nitrogens is 3. The minimum atomic E-state index is -0.761. The predicted octanol–water partition coefficient (Wildman–Crippen LogP) is 0.350. The summed E-state index contributed by atoms with van der Waals surface area (Å²) in [5, 5.41) is 4.01. The van der Waals surface area contributed by atoms with Crippen LogP contribution in [0.2, 0.25) is 0 Å². The van der Waals surface area contributed by atoms with Crippen LogP contribution >= 0.6 is 0 Å². The quantitative estimate of drug-likeness (QED) is 0.859. The number of hydrogen-bond donors (Lipinski definition) is 1. The van der Waals surface area contributed by atoms with E-state index in [0.29, 0.717) is 18.8 Å². The van der Waals surface area contributed by atoms with Crippen molar-refractivity contribution in [3.8, 4) is 5.69 Å². The fourth-order valence-corrected chi connectivity index (χ4v) is 1.65. The fraction of sp³-hybridized carbons (Fsp3) is 0.273. The molecule has 18 heavy (non-hydrogen) atoms. The molecule has 0 unspecified atom stereocenters. The lowest BCUT2D eigenvalue weighted by Gasteiger charge is -1.99. The van der Waals surface area contributed by atoms with Crippen LogP contribution in [0.15, 0.2) is 23.0 Å². The molecule has 96 valence electrons. The lowest BCUT2D eigenvalue weighted by molar-refractivity contribution is 0.579. The van der Waals surface area contributed by atoms with Gasteiger partial charge in [0.15, 0.2) is 0 Å². The van der Waals surface area contributed by atoms with E-state index in [4.69, 9.17) is 5.73 Å².